The number of hydrogen-bond acceptors (Lipinski definition) is 11. The van der Waals surface area contributed by atoms with Gasteiger partial charge in [-0.2, -0.15) is 0 Å². The molecule has 0 amide bonds. The second kappa shape index (κ2) is 9.51. The maximum absolute atomic E-state index is 13.8. The minimum Gasteiger partial charge on any atom is -0.490 e. The van der Waals surface area contributed by atoms with E-state index in [1.807, 2.05) is 39.0 Å². The minimum absolute atomic E-state index is 0.101. The number of aryl methyl sites for hydroxylation is 1. The van der Waals surface area contributed by atoms with Crippen molar-refractivity contribution >= 4 is 26.7 Å². The standard InChI is InChI=1S/C29H32N6O5S/c1-16-10-19(40-35-16)15-38-25-14-32-26-21(33-25)8-9-31-22(26)13-18-6-7-23-20(12-18)29(5)24(11-17(2)39-23)41(36,37)28(3,4)27(30)34-29/h6-10,12,14,17,24H,11,13,15H2,1-5H3,(H2,30,34)/t17-,24+,29+/m0/s1. The molecule has 11 nitrogen and oxygen atoms in total. The molecular weight excluding hydrogens is 544 g/mol. The van der Waals surface area contributed by atoms with Crippen molar-refractivity contribution < 1.29 is 22.4 Å². The summed E-state index contributed by atoms with van der Waals surface area (Å²) in [6, 6.07) is 9.36. The molecule has 0 spiro atoms. The van der Waals surface area contributed by atoms with Crippen molar-refractivity contribution in [2.75, 3.05) is 0 Å². The molecule has 2 aliphatic rings. The molecule has 2 N–H and O–H groups in total. The van der Waals surface area contributed by atoms with Crippen LogP contribution in [0.25, 0.3) is 11.0 Å². The molecule has 0 unspecified atom stereocenters. The first-order chi connectivity index (χ1) is 19.4. The van der Waals surface area contributed by atoms with Gasteiger partial charge < -0.3 is 19.7 Å². The molecule has 3 aromatic heterocycles. The van der Waals surface area contributed by atoms with E-state index in [4.69, 9.17) is 24.7 Å². The van der Waals surface area contributed by atoms with E-state index < -0.39 is 25.4 Å². The van der Waals surface area contributed by atoms with Gasteiger partial charge in [0.15, 0.2) is 22.2 Å². The largest absolute Gasteiger partial charge is 0.490 e. The maximum atomic E-state index is 13.8. The van der Waals surface area contributed by atoms with Gasteiger partial charge in [0.05, 0.1) is 34.5 Å². The Labute approximate surface area is 238 Å². The zero-order valence-corrected chi connectivity index (χ0v) is 24.4. The molecule has 0 bridgehead atoms. The third kappa shape index (κ3) is 4.50. The van der Waals surface area contributed by atoms with E-state index in [1.54, 1.807) is 38.4 Å². The van der Waals surface area contributed by atoms with Crippen LogP contribution in [0.1, 0.15) is 62.4 Å². The number of aliphatic imine (C=N–C) groups is 1. The summed E-state index contributed by atoms with van der Waals surface area (Å²) >= 11 is 0. The van der Waals surface area contributed by atoms with Gasteiger partial charge in [0.1, 0.15) is 27.4 Å². The molecule has 0 saturated carbocycles. The van der Waals surface area contributed by atoms with Crippen LogP contribution in [0.5, 0.6) is 11.6 Å². The summed E-state index contributed by atoms with van der Waals surface area (Å²) < 4.78 is 43.5. The number of nitrogens with two attached hydrogens (primary N) is 1. The lowest BCUT2D eigenvalue weighted by Gasteiger charge is -2.43. The molecule has 4 aromatic rings. The molecule has 0 radical (unpaired) electrons. The van der Waals surface area contributed by atoms with Crippen molar-refractivity contribution in [1.82, 2.24) is 20.1 Å². The highest BCUT2D eigenvalue weighted by atomic mass is 32.2. The summed E-state index contributed by atoms with van der Waals surface area (Å²) in [5.41, 5.74) is 9.57. The van der Waals surface area contributed by atoms with E-state index >= 15 is 0 Å². The Hall–Kier alpha value is -4.06. The van der Waals surface area contributed by atoms with E-state index in [0.29, 0.717) is 46.8 Å². The molecule has 0 aliphatic carbocycles. The molecule has 0 fully saturated rings. The first-order valence-electron chi connectivity index (χ1n) is 13.4. The van der Waals surface area contributed by atoms with Gasteiger partial charge in [0.2, 0.25) is 5.88 Å². The van der Waals surface area contributed by atoms with Gasteiger partial charge in [0.25, 0.3) is 0 Å². The van der Waals surface area contributed by atoms with Crippen molar-refractivity contribution in [1.29, 1.82) is 0 Å². The fraction of sp³-hybridized carbons (Fsp3) is 0.414. The fourth-order valence-corrected chi connectivity index (χ4v) is 7.96. The second-order valence-electron chi connectivity index (χ2n) is 11.4. The summed E-state index contributed by atoms with van der Waals surface area (Å²) in [5.74, 6) is 1.66. The molecule has 2 aliphatic heterocycles. The van der Waals surface area contributed by atoms with Crippen LogP contribution in [0.3, 0.4) is 0 Å². The molecule has 6 rings (SSSR count). The SMILES string of the molecule is Cc1cc(COc2cnc3c(Cc4ccc5c(c4)[C@@]4(C)N=C(N)C(C)(C)S(=O)(=O)[C@@H]4C[C@H](C)O5)nccc3n2)on1. The normalized spacial score (nSPS) is 24.5. The lowest BCUT2D eigenvalue weighted by atomic mass is 9.84. The van der Waals surface area contributed by atoms with Gasteiger partial charge in [-0.15, -0.1) is 0 Å². The Balaban J connectivity index is 1.35. The number of amidine groups is 1. The third-order valence-electron chi connectivity index (χ3n) is 8.07. The van der Waals surface area contributed by atoms with E-state index in [9.17, 15) is 8.42 Å². The Morgan fingerprint density at radius 2 is 1.95 bits per heavy atom. The number of fused-ring (bicyclic) bond motifs is 4. The summed E-state index contributed by atoms with van der Waals surface area (Å²) in [7, 11) is -3.68. The Bertz CT molecular complexity index is 1800. The highest BCUT2D eigenvalue weighted by Gasteiger charge is 2.58. The van der Waals surface area contributed by atoms with Crippen LogP contribution in [0.4, 0.5) is 0 Å². The minimum atomic E-state index is -3.68. The average molecular weight is 577 g/mol. The number of rotatable bonds is 5. The van der Waals surface area contributed by atoms with Gasteiger partial charge in [-0.25, -0.2) is 18.4 Å². The predicted molar refractivity (Wildman–Crippen MR) is 153 cm³/mol. The van der Waals surface area contributed by atoms with Crippen LogP contribution in [0, 0.1) is 6.92 Å². The first kappa shape index (κ1) is 27.1. The molecule has 3 atom stereocenters. The van der Waals surface area contributed by atoms with Crippen LogP contribution in [-0.2, 0) is 28.4 Å². The van der Waals surface area contributed by atoms with E-state index in [1.165, 1.54) is 0 Å². The lowest BCUT2D eigenvalue weighted by molar-refractivity contribution is 0.213. The summed E-state index contributed by atoms with van der Waals surface area (Å²) in [6.45, 7) is 8.99. The number of benzene rings is 1. The molecule has 5 heterocycles. The van der Waals surface area contributed by atoms with Crippen molar-refractivity contribution in [2.24, 2.45) is 10.7 Å². The smallest absolute Gasteiger partial charge is 0.233 e. The van der Waals surface area contributed by atoms with Crippen molar-refractivity contribution in [3.8, 4) is 11.6 Å². The van der Waals surface area contributed by atoms with Crippen LogP contribution in [0.2, 0.25) is 0 Å². The number of sulfone groups is 1. The fourth-order valence-electron chi connectivity index (χ4n) is 5.61. The Morgan fingerprint density at radius 3 is 2.71 bits per heavy atom. The maximum Gasteiger partial charge on any atom is 0.233 e. The summed E-state index contributed by atoms with van der Waals surface area (Å²) in [4.78, 5) is 18.6. The number of ether oxygens (including phenoxy) is 2. The van der Waals surface area contributed by atoms with E-state index in [2.05, 4.69) is 20.1 Å². The zero-order chi connectivity index (χ0) is 29.2. The van der Waals surface area contributed by atoms with Crippen molar-refractivity contribution in [2.45, 2.75) is 75.7 Å². The van der Waals surface area contributed by atoms with Crippen molar-refractivity contribution in [3.05, 3.63) is 71.0 Å². The van der Waals surface area contributed by atoms with Crippen molar-refractivity contribution in [3.63, 3.8) is 0 Å². The second-order valence-corrected chi connectivity index (χ2v) is 14.1. The van der Waals surface area contributed by atoms with Crippen LogP contribution < -0.4 is 15.2 Å². The lowest BCUT2D eigenvalue weighted by Crippen LogP contribution is -2.60. The average Bonchev–Trinajstić information content (AvgIpc) is 3.30. The monoisotopic (exact) mass is 576 g/mol. The van der Waals surface area contributed by atoms with Gasteiger partial charge in [-0.1, -0.05) is 11.2 Å². The van der Waals surface area contributed by atoms with Gasteiger partial charge in [-0.05, 0) is 58.4 Å². The van der Waals surface area contributed by atoms with Crippen LogP contribution in [0.15, 0.2) is 52.2 Å². The first-order valence-corrected chi connectivity index (χ1v) is 15.0. The van der Waals surface area contributed by atoms with E-state index in [0.717, 1.165) is 17.0 Å². The summed E-state index contributed by atoms with van der Waals surface area (Å²) in [6.07, 6.45) is 3.67. The molecule has 12 heteroatoms. The highest BCUT2D eigenvalue weighted by molar-refractivity contribution is 7.94. The highest BCUT2D eigenvalue weighted by Crippen LogP contribution is 2.49. The summed E-state index contributed by atoms with van der Waals surface area (Å²) in [5, 5.41) is 3.07. The molecule has 41 heavy (non-hydrogen) atoms. The topological polar surface area (TPSA) is 156 Å². The van der Waals surface area contributed by atoms with E-state index in [-0.39, 0.29) is 18.5 Å². The third-order valence-corrected chi connectivity index (χ3v) is 11.1. The Morgan fingerprint density at radius 1 is 1.15 bits per heavy atom. The van der Waals surface area contributed by atoms with Gasteiger partial charge >= 0.3 is 0 Å². The molecular formula is C29H32N6O5S. The number of pyridine rings is 1. The van der Waals surface area contributed by atoms with Crippen LogP contribution in [-0.4, -0.2) is 50.5 Å². The molecule has 0 saturated heterocycles. The predicted octanol–water partition coefficient (Wildman–Crippen LogP) is 3.81. The quantitative estimate of drug-likeness (QED) is 0.371. The number of aromatic nitrogens is 4. The van der Waals surface area contributed by atoms with Crippen LogP contribution >= 0.6 is 0 Å². The Kier molecular flexibility index (Phi) is 6.29. The zero-order valence-electron chi connectivity index (χ0n) is 23.6. The number of nitrogens with zero attached hydrogens (tertiary/aromatic N) is 5. The van der Waals surface area contributed by atoms with Gasteiger partial charge in [0, 0.05) is 30.7 Å². The van der Waals surface area contributed by atoms with Gasteiger partial charge in [-0.3, -0.25) is 9.98 Å². The molecule has 214 valence electrons. The number of hydrogen-bond donors (Lipinski definition) is 1. The molecule has 1 aromatic carbocycles.